The summed E-state index contributed by atoms with van der Waals surface area (Å²) in [7, 11) is 0. The molecule has 1 N–H and O–H groups in total. The lowest BCUT2D eigenvalue weighted by atomic mass is 9.99. The van der Waals surface area contributed by atoms with Crippen LogP contribution in [0.2, 0.25) is 0 Å². The van der Waals surface area contributed by atoms with Crippen molar-refractivity contribution in [1.82, 2.24) is 0 Å². The van der Waals surface area contributed by atoms with Gasteiger partial charge in [-0.15, -0.1) is 11.8 Å². The van der Waals surface area contributed by atoms with Crippen molar-refractivity contribution in [2.45, 2.75) is 31.3 Å². The second-order valence-corrected chi connectivity index (χ2v) is 6.68. The summed E-state index contributed by atoms with van der Waals surface area (Å²) in [5.41, 5.74) is 0.836. The highest BCUT2D eigenvalue weighted by Crippen LogP contribution is 2.34. The van der Waals surface area contributed by atoms with Gasteiger partial charge in [0.1, 0.15) is 5.75 Å². The van der Waals surface area contributed by atoms with Crippen molar-refractivity contribution >= 4 is 17.5 Å². The molecule has 0 bridgehead atoms. The van der Waals surface area contributed by atoms with E-state index in [9.17, 15) is 23.1 Å². The van der Waals surface area contributed by atoms with Crippen LogP contribution in [0, 0.1) is 6.92 Å². The van der Waals surface area contributed by atoms with Gasteiger partial charge < -0.3 is 5.11 Å². The molecule has 0 aliphatic carbocycles. The minimum absolute atomic E-state index is 0.00514. The number of hydrogen-bond donors (Lipinski definition) is 1. The number of aromatic hydroxyl groups is 1. The average molecular weight is 354 g/mol. The van der Waals surface area contributed by atoms with E-state index < -0.39 is 11.7 Å². The van der Waals surface area contributed by atoms with E-state index in [0.717, 1.165) is 17.7 Å². The van der Waals surface area contributed by atoms with Crippen LogP contribution in [-0.2, 0) is 12.6 Å². The van der Waals surface area contributed by atoms with E-state index in [2.05, 4.69) is 0 Å². The van der Waals surface area contributed by atoms with E-state index in [-0.39, 0.29) is 23.5 Å². The summed E-state index contributed by atoms with van der Waals surface area (Å²) in [5.74, 6) is 0.239. The number of halogens is 3. The van der Waals surface area contributed by atoms with Crippen LogP contribution >= 0.6 is 11.8 Å². The van der Waals surface area contributed by atoms with Crippen LogP contribution in [0.15, 0.2) is 41.3 Å². The summed E-state index contributed by atoms with van der Waals surface area (Å²) in [5, 5.41) is 9.85. The van der Waals surface area contributed by atoms with Gasteiger partial charge in [0.25, 0.3) is 0 Å². The number of ketones is 1. The summed E-state index contributed by atoms with van der Waals surface area (Å²) in [6.07, 6.45) is -4.50. The van der Waals surface area contributed by atoms with E-state index in [4.69, 9.17) is 0 Å². The lowest BCUT2D eigenvalue weighted by Gasteiger charge is -2.13. The first-order valence-electron chi connectivity index (χ1n) is 7.38. The van der Waals surface area contributed by atoms with Crippen LogP contribution in [0.3, 0.4) is 0 Å². The number of benzene rings is 2. The van der Waals surface area contributed by atoms with Crippen molar-refractivity contribution in [3.63, 3.8) is 0 Å². The highest BCUT2D eigenvalue weighted by atomic mass is 32.2. The lowest BCUT2D eigenvalue weighted by molar-refractivity contribution is -0.137. The van der Waals surface area contributed by atoms with Crippen LogP contribution in [0.1, 0.15) is 34.0 Å². The van der Waals surface area contributed by atoms with Crippen LogP contribution < -0.4 is 0 Å². The maximum Gasteiger partial charge on any atom is 0.416 e. The fourth-order valence-electron chi connectivity index (χ4n) is 2.33. The molecule has 0 saturated carbocycles. The Kier molecular flexibility index (Phi) is 5.59. The number of phenolic OH excluding ortho intramolecular Hbond substituents is 1. The molecule has 0 spiro atoms. The number of thioether (sulfide) groups is 1. The molecule has 0 amide bonds. The van der Waals surface area contributed by atoms with Crippen molar-refractivity contribution in [2.24, 2.45) is 0 Å². The molecule has 0 aromatic heterocycles. The van der Waals surface area contributed by atoms with Crippen molar-refractivity contribution in [2.75, 3.05) is 5.75 Å². The average Bonchev–Trinajstić information content (AvgIpc) is 2.50. The number of phenols is 1. The minimum atomic E-state index is -4.45. The van der Waals surface area contributed by atoms with E-state index >= 15 is 0 Å². The van der Waals surface area contributed by atoms with Crippen molar-refractivity contribution in [3.05, 3.63) is 58.7 Å². The molecule has 2 aromatic rings. The Balaban J connectivity index is 2.36. The quantitative estimate of drug-likeness (QED) is 0.588. The number of hydrogen-bond acceptors (Lipinski definition) is 3. The molecule has 2 aromatic carbocycles. The van der Waals surface area contributed by atoms with E-state index in [1.165, 1.54) is 23.9 Å². The Hall–Kier alpha value is -1.95. The fourth-order valence-corrected chi connectivity index (χ4v) is 3.19. The standard InChI is InChI=1S/C18H17F3O2S/c1-3-24-17-10-13(18(19,20)21)5-6-14(17)16(23)9-12-8-11(2)4-7-15(12)22/h4-8,10,22H,3,9H2,1-2H3. The summed E-state index contributed by atoms with van der Waals surface area (Å²) in [6, 6.07) is 8.08. The zero-order chi connectivity index (χ0) is 17.9. The molecule has 0 saturated heterocycles. The number of carbonyl (C=O) groups excluding carboxylic acids is 1. The van der Waals surface area contributed by atoms with Gasteiger partial charge in [-0.05, 0) is 36.9 Å². The molecular weight excluding hydrogens is 337 g/mol. The van der Waals surface area contributed by atoms with Gasteiger partial charge in [-0.25, -0.2) is 0 Å². The summed E-state index contributed by atoms with van der Waals surface area (Å²) < 4.78 is 38.6. The molecule has 0 aliphatic rings. The molecule has 0 unspecified atom stereocenters. The Labute approximate surface area is 142 Å². The fraction of sp³-hybridized carbons (Fsp3) is 0.278. The van der Waals surface area contributed by atoms with E-state index in [0.29, 0.717) is 16.2 Å². The number of carbonyl (C=O) groups is 1. The molecule has 0 heterocycles. The Morgan fingerprint density at radius 1 is 1.17 bits per heavy atom. The van der Waals surface area contributed by atoms with Gasteiger partial charge in [0.05, 0.1) is 5.56 Å². The molecule has 0 fully saturated rings. The largest absolute Gasteiger partial charge is 0.508 e. The molecule has 6 heteroatoms. The third-order valence-electron chi connectivity index (χ3n) is 3.50. The Morgan fingerprint density at radius 2 is 1.88 bits per heavy atom. The second-order valence-electron chi connectivity index (χ2n) is 5.37. The highest BCUT2D eigenvalue weighted by molar-refractivity contribution is 7.99. The van der Waals surface area contributed by atoms with Gasteiger partial charge in [0.15, 0.2) is 5.78 Å². The second kappa shape index (κ2) is 7.30. The molecule has 0 atom stereocenters. The van der Waals surface area contributed by atoms with Gasteiger partial charge in [0, 0.05) is 22.4 Å². The normalized spacial score (nSPS) is 11.5. The molecular formula is C18H17F3O2S. The van der Waals surface area contributed by atoms with Gasteiger partial charge in [-0.1, -0.05) is 24.6 Å². The molecule has 2 rings (SSSR count). The van der Waals surface area contributed by atoms with Crippen LogP contribution in [0.25, 0.3) is 0 Å². The first kappa shape index (κ1) is 18.4. The molecule has 24 heavy (non-hydrogen) atoms. The molecule has 128 valence electrons. The number of aryl methyl sites for hydroxylation is 1. The first-order valence-corrected chi connectivity index (χ1v) is 8.36. The van der Waals surface area contributed by atoms with Crippen molar-refractivity contribution in [3.8, 4) is 5.75 Å². The number of rotatable bonds is 5. The number of alkyl halides is 3. The van der Waals surface area contributed by atoms with Gasteiger partial charge in [-0.2, -0.15) is 13.2 Å². The smallest absolute Gasteiger partial charge is 0.416 e. The van der Waals surface area contributed by atoms with Crippen LogP contribution in [0.4, 0.5) is 13.2 Å². The topological polar surface area (TPSA) is 37.3 Å². The Bertz CT molecular complexity index is 754. The summed E-state index contributed by atoms with van der Waals surface area (Å²) in [4.78, 5) is 12.8. The third-order valence-corrected chi connectivity index (χ3v) is 4.43. The Morgan fingerprint density at radius 3 is 2.50 bits per heavy atom. The summed E-state index contributed by atoms with van der Waals surface area (Å²) >= 11 is 1.20. The highest BCUT2D eigenvalue weighted by Gasteiger charge is 2.31. The minimum Gasteiger partial charge on any atom is -0.508 e. The van der Waals surface area contributed by atoms with Gasteiger partial charge in [0.2, 0.25) is 0 Å². The zero-order valence-corrected chi connectivity index (χ0v) is 14.1. The predicted molar refractivity (Wildman–Crippen MR) is 88.7 cm³/mol. The van der Waals surface area contributed by atoms with Crippen LogP contribution in [0.5, 0.6) is 5.75 Å². The zero-order valence-electron chi connectivity index (χ0n) is 13.3. The van der Waals surface area contributed by atoms with Crippen molar-refractivity contribution < 1.29 is 23.1 Å². The van der Waals surface area contributed by atoms with Crippen molar-refractivity contribution in [1.29, 1.82) is 0 Å². The summed E-state index contributed by atoms with van der Waals surface area (Å²) in [6.45, 7) is 3.65. The van der Waals surface area contributed by atoms with E-state index in [1.54, 1.807) is 12.1 Å². The lowest BCUT2D eigenvalue weighted by Crippen LogP contribution is -2.09. The SMILES string of the molecule is CCSc1cc(C(F)(F)F)ccc1C(=O)Cc1cc(C)ccc1O. The molecule has 0 radical (unpaired) electrons. The monoisotopic (exact) mass is 354 g/mol. The van der Waals surface area contributed by atoms with Gasteiger partial charge >= 0.3 is 6.18 Å². The maximum atomic E-state index is 12.9. The molecule has 2 nitrogen and oxygen atoms in total. The number of Topliss-reactive ketones (excluding diaryl/α,β-unsaturated/α-hetero) is 1. The third kappa shape index (κ3) is 4.32. The van der Waals surface area contributed by atoms with Gasteiger partial charge in [-0.3, -0.25) is 4.79 Å². The predicted octanol–water partition coefficient (Wildman–Crippen LogP) is 5.26. The first-order chi connectivity index (χ1) is 11.2. The maximum absolute atomic E-state index is 12.9. The van der Waals surface area contributed by atoms with Crippen LogP contribution in [-0.4, -0.2) is 16.6 Å². The van der Waals surface area contributed by atoms with E-state index in [1.807, 2.05) is 13.8 Å². The molecule has 0 aliphatic heterocycles.